The van der Waals surface area contributed by atoms with Crippen LogP contribution >= 0.6 is 0 Å². The molecular formula is C20H26N4O3. The van der Waals surface area contributed by atoms with Crippen molar-refractivity contribution >= 4 is 11.7 Å². The molecule has 0 bridgehead atoms. The molecule has 1 amide bonds. The maximum atomic E-state index is 13.3. The van der Waals surface area contributed by atoms with Crippen LogP contribution in [0.4, 0.5) is 0 Å². The van der Waals surface area contributed by atoms with Crippen LogP contribution in [0, 0.1) is 10.8 Å². The zero-order chi connectivity index (χ0) is 19.2. The normalized spacial score (nSPS) is 39.0. The summed E-state index contributed by atoms with van der Waals surface area (Å²) in [5.41, 5.74) is 2.06. The molecule has 0 aromatic heterocycles. The second-order valence-corrected chi connectivity index (χ2v) is 9.58. The molecule has 0 radical (unpaired) electrons. The van der Waals surface area contributed by atoms with Gasteiger partial charge < -0.3 is 15.0 Å². The van der Waals surface area contributed by atoms with Gasteiger partial charge in [-0.15, -0.1) is 5.11 Å². The highest BCUT2D eigenvalue weighted by Crippen LogP contribution is 2.59. The topological polar surface area (TPSA) is 83.4 Å². The lowest BCUT2D eigenvalue weighted by molar-refractivity contribution is -0.174. The van der Waals surface area contributed by atoms with Gasteiger partial charge in [-0.2, -0.15) is 5.11 Å². The number of rotatable bonds is 0. The summed E-state index contributed by atoms with van der Waals surface area (Å²) in [5, 5.41) is 12.0. The Bertz CT molecular complexity index is 870. The quantitative estimate of drug-likeness (QED) is 0.709. The van der Waals surface area contributed by atoms with Gasteiger partial charge >= 0.3 is 0 Å². The van der Waals surface area contributed by atoms with Crippen molar-refractivity contribution in [2.75, 3.05) is 19.7 Å². The molecule has 2 saturated heterocycles. The summed E-state index contributed by atoms with van der Waals surface area (Å²) in [6.07, 6.45) is 2.10. The minimum atomic E-state index is -0.454. The highest BCUT2D eigenvalue weighted by Gasteiger charge is 2.65. The molecule has 4 aliphatic heterocycles. The highest BCUT2D eigenvalue weighted by atomic mass is 16.5. The monoisotopic (exact) mass is 370 g/mol. The van der Waals surface area contributed by atoms with E-state index in [-0.39, 0.29) is 28.7 Å². The van der Waals surface area contributed by atoms with Crippen molar-refractivity contribution in [3.8, 4) is 0 Å². The van der Waals surface area contributed by atoms with Crippen LogP contribution in [0.2, 0.25) is 0 Å². The van der Waals surface area contributed by atoms with E-state index in [0.29, 0.717) is 26.1 Å². The summed E-state index contributed by atoms with van der Waals surface area (Å²) in [5.74, 6) is 1.09. The van der Waals surface area contributed by atoms with E-state index < -0.39 is 5.41 Å². The van der Waals surface area contributed by atoms with Gasteiger partial charge in [-0.1, -0.05) is 13.8 Å². The Morgan fingerprint density at radius 1 is 1.33 bits per heavy atom. The fourth-order valence-corrected chi connectivity index (χ4v) is 5.78. The summed E-state index contributed by atoms with van der Waals surface area (Å²) >= 11 is 0. The Hall–Kier alpha value is -2.02. The van der Waals surface area contributed by atoms with Gasteiger partial charge in [0, 0.05) is 30.2 Å². The smallest absolute Gasteiger partial charge is 0.219 e. The van der Waals surface area contributed by atoms with E-state index in [1.807, 2.05) is 11.8 Å². The molecule has 1 aliphatic carbocycles. The fraction of sp³-hybridized carbons (Fsp3) is 0.700. The second kappa shape index (κ2) is 5.07. The highest BCUT2D eigenvalue weighted by molar-refractivity contribution is 6.00. The molecule has 0 aromatic carbocycles. The third-order valence-electron chi connectivity index (χ3n) is 7.16. The molecular weight excluding hydrogens is 344 g/mol. The summed E-state index contributed by atoms with van der Waals surface area (Å²) in [6.45, 7) is 9.49. The van der Waals surface area contributed by atoms with E-state index in [2.05, 4.69) is 29.4 Å². The maximum absolute atomic E-state index is 13.3. The number of carbonyl (C=O) groups is 2. The number of nitrogens with zero attached hydrogens (tertiary/aromatic N) is 3. The number of fused-ring (bicyclic) bond motifs is 2. The first-order valence-electron chi connectivity index (χ1n) is 9.74. The number of carbonyl (C=O) groups excluding carboxylic acids is 2. The zero-order valence-corrected chi connectivity index (χ0v) is 16.4. The molecule has 4 heterocycles. The lowest BCUT2D eigenvalue weighted by atomic mass is 9.60. The Morgan fingerprint density at radius 2 is 2.11 bits per heavy atom. The van der Waals surface area contributed by atoms with E-state index in [1.54, 1.807) is 6.92 Å². The average molecular weight is 370 g/mol. The maximum Gasteiger partial charge on any atom is 0.219 e. The van der Waals surface area contributed by atoms with E-state index in [9.17, 15) is 9.59 Å². The molecule has 1 N–H and O–H groups in total. The molecule has 144 valence electrons. The van der Waals surface area contributed by atoms with Crippen LogP contribution in [0.25, 0.3) is 0 Å². The summed E-state index contributed by atoms with van der Waals surface area (Å²) < 4.78 is 6.39. The lowest BCUT2D eigenvalue weighted by Crippen LogP contribution is -2.69. The third-order valence-corrected chi connectivity index (χ3v) is 7.16. The van der Waals surface area contributed by atoms with Gasteiger partial charge in [0.25, 0.3) is 0 Å². The van der Waals surface area contributed by atoms with Crippen molar-refractivity contribution in [3.05, 3.63) is 22.7 Å². The van der Waals surface area contributed by atoms with Crippen molar-refractivity contribution in [1.29, 1.82) is 0 Å². The zero-order valence-electron chi connectivity index (χ0n) is 16.4. The molecule has 0 saturated carbocycles. The van der Waals surface area contributed by atoms with Crippen LogP contribution in [0.5, 0.6) is 0 Å². The van der Waals surface area contributed by atoms with Crippen LogP contribution in [0.15, 0.2) is 32.9 Å². The Kier molecular flexibility index (Phi) is 3.21. The summed E-state index contributed by atoms with van der Waals surface area (Å²) in [7, 11) is 0. The molecule has 2 fully saturated rings. The van der Waals surface area contributed by atoms with Crippen LogP contribution in [0.1, 0.15) is 47.0 Å². The molecule has 2 spiro atoms. The lowest BCUT2D eigenvalue weighted by Gasteiger charge is -2.54. The van der Waals surface area contributed by atoms with Gasteiger partial charge in [0.2, 0.25) is 5.91 Å². The molecule has 7 heteroatoms. The van der Waals surface area contributed by atoms with Crippen molar-refractivity contribution in [2.24, 2.45) is 21.1 Å². The van der Waals surface area contributed by atoms with Crippen molar-refractivity contribution in [3.63, 3.8) is 0 Å². The molecule has 0 unspecified atom stereocenters. The SMILES string of the molecule is CC(=O)N1C[C@]2(C[C@@]3(CO2)C2=C(N=NC2)NC2=C3C(=O)CC(C)(C)C2)[C@H]1C. The fourth-order valence-electron chi connectivity index (χ4n) is 5.78. The summed E-state index contributed by atoms with van der Waals surface area (Å²) in [6, 6.07) is 0.0165. The predicted molar refractivity (Wildman–Crippen MR) is 97.5 cm³/mol. The summed E-state index contributed by atoms with van der Waals surface area (Å²) in [4.78, 5) is 26.9. The van der Waals surface area contributed by atoms with Gasteiger partial charge in [-0.25, -0.2) is 0 Å². The van der Waals surface area contributed by atoms with Crippen LogP contribution in [0.3, 0.4) is 0 Å². The Labute approximate surface area is 158 Å². The van der Waals surface area contributed by atoms with Gasteiger partial charge in [0.15, 0.2) is 11.6 Å². The number of azo groups is 1. The number of amides is 1. The number of ketones is 1. The first-order chi connectivity index (χ1) is 12.7. The van der Waals surface area contributed by atoms with Gasteiger partial charge in [-0.3, -0.25) is 9.59 Å². The second-order valence-electron chi connectivity index (χ2n) is 9.58. The van der Waals surface area contributed by atoms with E-state index in [1.165, 1.54) is 0 Å². The van der Waals surface area contributed by atoms with Crippen LogP contribution in [-0.2, 0) is 14.3 Å². The number of nitrogens with one attached hydrogen (secondary N) is 1. The molecule has 7 nitrogen and oxygen atoms in total. The number of Topliss-reactive ketones (excluding diaryl/α,β-unsaturated/α-hetero) is 1. The molecule has 0 aromatic rings. The van der Waals surface area contributed by atoms with Crippen molar-refractivity contribution < 1.29 is 14.3 Å². The predicted octanol–water partition coefficient (Wildman–Crippen LogP) is 2.31. The van der Waals surface area contributed by atoms with Crippen molar-refractivity contribution in [1.82, 2.24) is 10.2 Å². The molecule has 5 rings (SSSR count). The number of dihydropyridines is 1. The average Bonchev–Trinajstić information content (AvgIpc) is 3.18. The van der Waals surface area contributed by atoms with Crippen LogP contribution < -0.4 is 5.32 Å². The first-order valence-corrected chi connectivity index (χ1v) is 9.74. The number of likely N-dealkylation sites (tertiary alicyclic amines) is 1. The molecule has 27 heavy (non-hydrogen) atoms. The van der Waals surface area contributed by atoms with Crippen LogP contribution in [-0.4, -0.2) is 47.9 Å². The number of allylic oxidation sites excluding steroid dienone is 1. The Balaban J connectivity index is 1.58. The van der Waals surface area contributed by atoms with Gasteiger partial charge in [0.05, 0.1) is 31.2 Å². The van der Waals surface area contributed by atoms with Crippen molar-refractivity contribution in [2.45, 2.75) is 58.6 Å². The minimum absolute atomic E-state index is 0.0165. The van der Waals surface area contributed by atoms with E-state index in [4.69, 9.17) is 4.74 Å². The van der Waals surface area contributed by atoms with Gasteiger partial charge in [-0.05, 0) is 25.2 Å². The largest absolute Gasteiger partial charge is 0.370 e. The standard InChI is InChI=1S/C20H26N4O3/c1-11-20(9-24(11)12(2)25)8-19(10-27-20)13-7-21-23-17(13)22-14-5-18(3,4)6-15(26)16(14)19/h11,22H,5-10H2,1-4H3/t11-,19-,20-/m1/s1. The van der Waals surface area contributed by atoms with E-state index in [0.717, 1.165) is 35.5 Å². The number of hydrogen-bond donors (Lipinski definition) is 1. The van der Waals surface area contributed by atoms with Gasteiger partial charge in [0.1, 0.15) is 5.60 Å². The van der Waals surface area contributed by atoms with E-state index >= 15 is 0 Å². The minimum Gasteiger partial charge on any atom is -0.370 e. The molecule has 5 aliphatic rings. The number of hydrogen-bond acceptors (Lipinski definition) is 6. The molecule has 3 atom stereocenters. The number of ether oxygens (including phenoxy) is 1. The Morgan fingerprint density at radius 3 is 2.81 bits per heavy atom. The third kappa shape index (κ3) is 2.12. The first kappa shape index (κ1) is 17.1.